The van der Waals surface area contributed by atoms with Crippen molar-refractivity contribution in [3.8, 4) is 11.5 Å². The highest BCUT2D eigenvalue weighted by Crippen LogP contribution is 2.41. The number of ether oxygens (including phenoxy) is 2. The number of hydrogen-bond acceptors (Lipinski definition) is 4. The maximum Gasteiger partial charge on any atom is 0.416 e. The van der Waals surface area contributed by atoms with Crippen LogP contribution in [0.3, 0.4) is 0 Å². The number of rotatable bonds is 8. The first-order chi connectivity index (χ1) is 17.7. The van der Waals surface area contributed by atoms with Crippen LogP contribution in [-0.4, -0.2) is 36.2 Å². The minimum absolute atomic E-state index is 0.196. The van der Waals surface area contributed by atoms with E-state index in [4.69, 9.17) is 21.1 Å². The maximum absolute atomic E-state index is 13.6. The van der Waals surface area contributed by atoms with E-state index in [1.54, 1.807) is 18.2 Å². The topological polar surface area (TPSA) is 59.0 Å². The number of alkyl halides is 3. The van der Waals surface area contributed by atoms with Gasteiger partial charge >= 0.3 is 12.1 Å². The van der Waals surface area contributed by atoms with E-state index in [9.17, 15) is 23.1 Å². The summed E-state index contributed by atoms with van der Waals surface area (Å²) < 4.78 is 52.3. The van der Waals surface area contributed by atoms with Gasteiger partial charge in [-0.1, -0.05) is 48.0 Å². The summed E-state index contributed by atoms with van der Waals surface area (Å²) in [6.45, 7) is 1.10. The third kappa shape index (κ3) is 6.37. The van der Waals surface area contributed by atoms with Crippen molar-refractivity contribution < 1.29 is 32.5 Å². The standard InChI is InChI=1S/C28H27ClF3NO4/c1-36-25-15-20(7-10-24(25)37-17-18-5-3-2-4-6-18)26(33-13-11-19(12-14-33)27(34)35)22-16-21(28(30,31)32)8-9-23(22)29/h2-10,15-16,19,26H,11-14,17H2,1H3,(H,34,35). The molecule has 3 aromatic carbocycles. The van der Waals surface area contributed by atoms with Gasteiger partial charge in [0.1, 0.15) is 6.61 Å². The number of halogens is 4. The number of carboxylic acid groups (broad SMARTS) is 1. The predicted octanol–water partition coefficient (Wildman–Crippen LogP) is 6.83. The fraction of sp³-hybridized carbons (Fsp3) is 0.321. The van der Waals surface area contributed by atoms with Crippen LogP contribution in [-0.2, 0) is 17.6 Å². The summed E-state index contributed by atoms with van der Waals surface area (Å²) in [6.07, 6.45) is -3.76. The van der Waals surface area contributed by atoms with Crippen molar-refractivity contribution >= 4 is 17.6 Å². The molecule has 1 unspecified atom stereocenters. The number of nitrogens with zero attached hydrogens (tertiary/aromatic N) is 1. The molecule has 0 spiro atoms. The quantitative estimate of drug-likeness (QED) is 0.344. The van der Waals surface area contributed by atoms with Crippen molar-refractivity contribution in [3.63, 3.8) is 0 Å². The molecule has 4 rings (SSSR count). The van der Waals surface area contributed by atoms with Crippen LogP contribution in [0.25, 0.3) is 0 Å². The Morgan fingerprint density at radius 2 is 1.76 bits per heavy atom. The van der Waals surface area contributed by atoms with Crippen LogP contribution in [0.5, 0.6) is 11.5 Å². The van der Waals surface area contributed by atoms with Gasteiger partial charge in [-0.15, -0.1) is 0 Å². The number of likely N-dealkylation sites (tertiary alicyclic amines) is 1. The van der Waals surface area contributed by atoms with Crippen LogP contribution < -0.4 is 9.47 Å². The highest BCUT2D eigenvalue weighted by molar-refractivity contribution is 6.31. The molecule has 0 saturated carbocycles. The minimum Gasteiger partial charge on any atom is -0.493 e. The summed E-state index contributed by atoms with van der Waals surface area (Å²) in [5.41, 5.74) is 1.14. The SMILES string of the molecule is COc1cc(C(c2cc(C(F)(F)F)ccc2Cl)N2CCC(C(=O)O)CC2)ccc1OCc1ccccc1. The Morgan fingerprint density at radius 1 is 1.05 bits per heavy atom. The number of aliphatic carboxylic acids is 1. The van der Waals surface area contributed by atoms with E-state index in [0.717, 1.165) is 17.7 Å². The average molecular weight is 534 g/mol. The molecular formula is C28H27ClF3NO4. The molecule has 1 N–H and O–H groups in total. The first-order valence-electron chi connectivity index (χ1n) is 11.9. The van der Waals surface area contributed by atoms with Gasteiger partial charge in [-0.05, 0) is 73.0 Å². The van der Waals surface area contributed by atoms with E-state index < -0.39 is 29.7 Å². The van der Waals surface area contributed by atoms with Gasteiger partial charge in [-0.25, -0.2) is 0 Å². The van der Waals surface area contributed by atoms with Gasteiger partial charge in [0.2, 0.25) is 0 Å². The van der Waals surface area contributed by atoms with Crippen molar-refractivity contribution in [1.82, 2.24) is 4.90 Å². The van der Waals surface area contributed by atoms with Crippen molar-refractivity contribution in [3.05, 3.63) is 94.0 Å². The summed E-state index contributed by atoms with van der Waals surface area (Å²) in [7, 11) is 1.50. The Morgan fingerprint density at radius 3 is 2.38 bits per heavy atom. The van der Waals surface area contributed by atoms with Gasteiger partial charge < -0.3 is 14.6 Å². The second kappa shape index (κ2) is 11.4. The summed E-state index contributed by atoms with van der Waals surface area (Å²) in [5, 5.41) is 9.60. The van der Waals surface area contributed by atoms with E-state index in [1.807, 2.05) is 35.2 Å². The fourth-order valence-corrected chi connectivity index (χ4v) is 4.85. The van der Waals surface area contributed by atoms with Crippen LogP contribution in [0.2, 0.25) is 5.02 Å². The minimum atomic E-state index is -4.53. The molecule has 0 bridgehead atoms. The molecule has 1 fully saturated rings. The van der Waals surface area contributed by atoms with Crippen molar-refractivity contribution in [1.29, 1.82) is 0 Å². The summed E-state index contributed by atoms with van der Waals surface area (Å²) >= 11 is 6.47. The largest absolute Gasteiger partial charge is 0.493 e. The zero-order chi connectivity index (χ0) is 26.6. The molecule has 1 aliphatic heterocycles. The molecule has 0 aliphatic carbocycles. The number of piperidine rings is 1. The Balaban J connectivity index is 1.71. The lowest BCUT2D eigenvalue weighted by Gasteiger charge is -2.37. The average Bonchev–Trinajstić information content (AvgIpc) is 2.89. The normalized spacial score (nSPS) is 15.8. The first-order valence-corrected chi connectivity index (χ1v) is 12.2. The van der Waals surface area contributed by atoms with E-state index in [1.165, 1.54) is 13.2 Å². The summed E-state index contributed by atoms with van der Waals surface area (Å²) in [6, 6.07) is 17.5. The molecule has 37 heavy (non-hydrogen) atoms. The number of carbonyl (C=O) groups is 1. The fourth-order valence-electron chi connectivity index (χ4n) is 4.63. The molecule has 0 aromatic heterocycles. The third-order valence-electron chi connectivity index (χ3n) is 6.60. The lowest BCUT2D eigenvalue weighted by atomic mass is 9.90. The van der Waals surface area contributed by atoms with E-state index >= 15 is 0 Å². The molecule has 0 amide bonds. The lowest BCUT2D eigenvalue weighted by Crippen LogP contribution is -2.39. The van der Waals surface area contributed by atoms with Crippen LogP contribution in [0.15, 0.2) is 66.7 Å². The zero-order valence-electron chi connectivity index (χ0n) is 20.2. The van der Waals surface area contributed by atoms with Gasteiger partial charge in [0.25, 0.3) is 0 Å². The lowest BCUT2D eigenvalue weighted by molar-refractivity contribution is -0.143. The number of benzene rings is 3. The van der Waals surface area contributed by atoms with Gasteiger partial charge in [-0.2, -0.15) is 13.2 Å². The third-order valence-corrected chi connectivity index (χ3v) is 6.95. The second-order valence-electron chi connectivity index (χ2n) is 8.97. The Bertz CT molecular complexity index is 1230. The Labute approximate surface area is 218 Å². The summed E-state index contributed by atoms with van der Waals surface area (Å²) in [4.78, 5) is 13.4. The smallest absolute Gasteiger partial charge is 0.416 e. The molecule has 9 heteroatoms. The second-order valence-corrected chi connectivity index (χ2v) is 9.38. The molecule has 5 nitrogen and oxygen atoms in total. The molecule has 1 heterocycles. The molecular weight excluding hydrogens is 507 g/mol. The Hall–Kier alpha value is -3.23. The first kappa shape index (κ1) is 26.8. The van der Waals surface area contributed by atoms with Gasteiger partial charge in [0, 0.05) is 5.02 Å². The number of methoxy groups -OCH3 is 1. The molecule has 196 valence electrons. The van der Waals surface area contributed by atoms with Crippen molar-refractivity contribution in [2.75, 3.05) is 20.2 Å². The van der Waals surface area contributed by atoms with E-state index in [-0.39, 0.29) is 5.02 Å². The number of hydrogen-bond donors (Lipinski definition) is 1. The predicted molar refractivity (Wildman–Crippen MR) is 134 cm³/mol. The van der Waals surface area contributed by atoms with Crippen LogP contribution in [0.4, 0.5) is 13.2 Å². The highest BCUT2D eigenvalue weighted by atomic mass is 35.5. The number of carboxylic acids is 1. The van der Waals surface area contributed by atoms with E-state index in [0.29, 0.717) is 55.2 Å². The molecule has 1 aliphatic rings. The molecule has 3 aromatic rings. The molecule has 0 radical (unpaired) electrons. The molecule has 1 atom stereocenters. The van der Waals surface area contributed by atoms with Crippen LogP contribution in [0.1, 0.15) is 41.1 Å². The summed E-state index contributed by atoms with van der Waals surface area (Å²) in [5.74, 6) is -0.428. The van der Waals surface area contributed by atoms with Crippen molar-refractivity contribution in [2.24, 2.45) is 5.92 Å². The molecule has 1 saturated heterocycles. The van der Waals surface area contributed by atoms with Gasteiger partial charge in [0.15, 0.2) is 11.5 Å². The zero-order valence-corrected chi connectivity index (χ0v) is 20.9. The Kier molecular flexibility index (Phi) is 8.29. The maximum atomic E-state index is 13.6. The van der Waals surface area contributed by atoms with Crippen LogP contribution in [0, 0.1) is 5.92 Å². The van der Waals surface area contributed by atoms with Crippen molar-refractivity contribution in [2.45, 2.75) is 31.7 Å². The van der Waals surface area contributed by atoms with Gasteiger partial charge in [-0.3, -0.25) is 9.69 Å². The van der Waals surface area contributed by atoms with Crippen LogP contribution >= 0.6 is 11.6 Å². The highest BCUT2D eigenvalue weighted by Gasteiger charge is 2.35. The van der Waals surface area contributed by atoms with Gasteiger partial charge in [0.05, 0.1) is 24.6 Å². The monoisotopic (exact) mass is 533 g/mol. The van der Waals surface area contributed by atoms with E-state index in [2.05, 4.69) is 0 Å².